The van der Waals surface area contributed by atoms with Crippen molar-refractivity contribution in [2.24, 2.45) is 0 Å². The van der Waals surface area contributed by atoms with E-state index in [1.54, 1.807) is 19.9 Å². The van der Waals surface area contributed by atoms with Crippen molar-refractivity contribution in [3.05, 3.63) is 42.4 Å². The highest BCUT2D eigenvalue weighted by atomic mass is 32.1. The summed E-state index contributed by atoms with van der Waals surface area (Å²) in [4.78, 5) is 57.0. The predicted molar refractivity (Wildman–Crippen MR) is 103 cm³/mol. The fraction of sp³-hybridized carbons (Fsp3) is 0.312. The van der Waals surface area contributed by atoms with E-state index in [0.29, 0.717) is 15.9 Å². The number of hydrogen-bond acceptors (Lipinski definition) is 8. The van der Waals surface area contributed by atoms with Crippen molar-refractivity contribution >= 4 is 49.9 Å². The monoisotopic (exact) mass is 408 g/mol. The fourth-order valence-corrected chi connectivity index (χ4v) is 4.22. The average molecular weight is 408 g/mol. The highest BCUT2D eigenvalue weighted by Crippen LogP contribution is 2.23. The van der Waals surface area contributed by atoms with Gasteiger partial charge in [-0.2, -0.15) is 0 Å². The molecule has 142 valence electrons. The highest BCUT2D eigenvalue weighted by molar-refractivity contribution is 7.18. The molecular weight excluding hydrogens is 392 g/mol. The summed E-state index contributed by atoms with van der Waals surface area (Å²) in [5, 5.41) is 3.06. The largest absolute Gasteiger partial charge is 0.462 e. The number of aromatic nitrogens is 3. The molecule has 27 heavy (non-hydrogen) atoms. The summed E-state index contributed by atoms with van der Waals surface area (Å²) in [5.74, 6) is -1.11. The van der Waals surface area contributed by atoms with Gasteiger partial charge in [-0.05, 0) is 26.8 Å². The van der Waals surface area contributed by atoms with Crippen LogP contribution in [0.5, 0.6) is 0 Å². The number of esters is 1. The third-order valence-electron chi connectivity index (χ3n) is 3.60. The number of ether oxygens (including phenoxy) is 1. The standard InChI is InChI=1S/C16H16N4O5S2/c1-4-25-14(23)11-8(3)17-15(27-11)18-10(21)6-20-13(22)9-5-7(2)26-12(9)19-16(20)24/h5H,4,6H2,1-3H3,(H,19,24)(H,17,18,21). The maximum Gasteiger partial charge on any atom is 0.350 e. The topological polar surface area (TPSA) is 123 Å². The van der Waals surface area contributed by atoms with Crippen LogP contribution in [0.25, 0.3) is 10.2 Å². The zero-order valence-corrected chi connectivity index (χ0v) is 16.4. The Morgan fingerprint density at radius 1 is 1.30 bits per heavy atom. The molecule has 0 aliphatic rings. The number of amides is 1. The highest BCUT2D eigenvalue weighted by Gasteiger charge is 2.18. The molecule has 0 aliphatic carbocycles. The summed E-state index contributed by atoms with van der Waals surface area (Å²) < 4.78 is 5.76. The Hall–Kier alpha value is -2.79. The van der Waals surface area contributed by atoms with Crippen LogP contribution in [0.3, 0.4) is 0 Å². The first-order chi connectivity index (χ1) is 12.8. The molecule has 0 fully saturated rings. The van der Waals surface area contributed by atoms with Crippen molar-refractivity contribution in [1.82, 2.24) is 14.5 Å². The van der Waals surface area contributed by atoms with Gasteiger partial charge < -0.3 is 10.1 Å². The van der Waals surface area contributed by atoms with E-state index >= 15 is 0 Å². The molecule has 0 unspecified atom stereocenters. The van der Waals surface area contributed by atoms with E-state index in [1.807, 2.05) is 6.92 Å². The Morgan fingerprint density at radius 2 is 2.04 bits per heavy atom. The van der Waals surface area contributed by atoms with Gasteiger partial charge in [-0.25, -0.2) is 14.6 Å². The third kappa shape index (κ3) is 3.83. The van der Waals surface area contributed by atoms with E-state index in [1.165, 1.54) is 11.3 Å². The van der Waals surface area contributed by atoms with Crippen LogP contribution in [-0.2, 0) is 16.1 Å². The number of aryl methyl sites for hydroxylation is 2. The Balaban J connectivity index is 1.82. The van der Waals surface area contributed by atoms with Crippen molar-refractivity contribution in [2.75, 3.05) is 11.9 Å². The van der Waals surface area contributed by atoms with Gasteiger partial charge >= 0.3 is 11.7 Å². The molecule has 0 aliphatic heterocycles. The first kappa shape index (κ1) is 19.0. The van der Waals surface area contributed by atoms with E-state index in [2.05, 4.69) is 15.3 Å². The van der Waals surface area contributed by atoms with Crippen LogP contribution in [-0.4, -0.2) is 33.0 Å². The predicted octanol–water partition coefficient (Wildman–Crippen LogP) is 1.64. The number of fused-ring (bicyclic) bond motifs is 1. The minimum atomic E-state index is -0.660. The lowest BCUT2D eigenvalue weighted by Crippen LogP contribution is -2.38. The summed E-state index contributed by atoms with van der Waals surface area (Å²) in [7, 11) is 0. The SMILES string of the molecule is CCOC(=O)c1sc(NC(=O)Cn2c(=O)[nH]c3sc(C)cc3c2=O)nc1C. The number of nitrogens with zero attached hydrogens (tertiary/aromatic N) is 2. The quantitative estimate of drug-likeness (QED) is 0.619. The van der Waals surface area contributed by atoms with Crippen LogP contribution in [0.4, 0.5) is 5.13 Å². The van der Waals surface area contributed by atoms with Crippen LogP contribution in [0.15, 0.2) is 15.7 Å². The summed E-state index contributed by atoms with van der Waals surface area (Å²) in [6, 6.07) is 1.67. The minimum Gasteiger partial charge on any atom is -0.462 e. The van der Waals surface area contributed by atoms with Gasteiger partial charge in [-0.3, -0.25) is 19.1 Å². The normalized spacial score (nSPS) is 10.9. The van der Waals surface area contributed by atoms with Gasteiger partial charge in [0.15, 0.2) is 5.13 Å². The van der Waals surface area contributed by atoms with Crippen LogP contribution < -0.4 is 16.6 Å². The molecule has 3 aromatic heterocycles. The molecule has 0 aromatic carbocycles. The molecule has 0 bridgehead atoms. The minimum absolute atomic E-state index is 0.192. The van der Waals surface area contributed by atoms with Crippen LogP contribution in [0.1, 0.15) is 27.2 Å². The van der Waals surface area contributed by atoms with E-state index in [0.717, 1.165) is 20.8 Å². The zero-order valence-electron chi connectivity index (χ0n) is 14.7. The van der Waals surface area contributed by atoms with Gasteiger partial charge in [0.25, 0.3) is 5.56 Å². The lowest BCUT2D eigenvalue weighted by Gasteiger charge is -2.04. The Bertz CT molecular complexity index is 1150. The van der Waals surface area contributed by atoms with Gasteiger partial charge in [0.1, 0.15) is 16.3 Å². The zero-order chi connectivity index (χ0) is 19.7. The molecule has 0 saturated heterocycles. The first-order valence-corrected chi connectivity index (χ1v) is 9.61. The second-order valence-corrected chi connectivity index (χ2v) is 7.88. The van der Waals surface area contributed by atoms with Crippen molar-refractivity contribution in [2.45, 2.75) is 27.3 Å². The van der Waals surface area contributed by atoms with E-state index < -0.39 is 29.7 Å². The van der Waals surface area contributed by atoms with Crippen LogP contribution in [0.2, 0.25) is 0 Å². The number of nitrogens with one attached hydrogen (secondary N) is 2. The molecule has 3 aromatic rings. The average Bonchev–Trinajstić information content (AvgIpc) is 3.14. The van der Waals surface area contributed by atoms with E-state index in [4.69, 9.17) is 4.74 Å². The van der Waals surface area contributed by atoms with Gasteiger partial charge in [-0.1, -0.05) is 11.3 Å². The molecule has 0 radical (unpaired) electrons. The number of H-pyrrole nitrogens is 1. The maximum absolute atomic E-state index is 12.5. The van der Waals surface area contributed by atoms with Gasteiger partial charge in [0.2, 0.25) is 5.91 Å². The Morgan fingerprint density at radius 3 is 2.74 bits per heavy atom. The second kappa shape index (κ2) is 7.45. The van der Waals surface area contributed by atoms with Crippen LogP contribution >= 0.6 is 22.7 Å². The summed E-state index contributed by atoms with van der Waals surface area (Å²) in [6.45, 7) is 4.91. The Labute approximate surface area is 160 Å². The summed E-state index contributed by atoms with van der Waals surface area (Å²) in [6.07, 6.45) is 0. The fourth-order valence-electron chi connectivity index (χ4n) is 2.45. The van der Waals surface area contributed by atoms with Gasteiger partial charge in [0.05, 0.1) is 17.7 Å². The molecule has 3 rings (SSSR count). The molecule has 9 nitrogen and oxygen atoms in total. The van der Waals surface area contributed by atoms with Crippen molar-refractivity contribution in [3.63, 3.8) is 0 Å². The molecule has 1 amide bonds. The van der Waals surface area contributed by atoms with Crippen molar-refractivity contribution < 1.29 is 14.3 Å². The molecular formula is C16H16N4O5S2. The maximum atomic E-state index is 12.5. The van der Waals surface area contributed by atoms with Crippen molar-refractivity contribution in [3.8, 4) is 0 Å². The molecule has 3 heterocycles. The number of carbonyl (C=O) groups excluding carboxylic acids is 2. The smallest absolute Gasteiger partial charge is 0.350 e. The number of anilines is 1. The van der Waals surface area contributed by atoms with E-state index in [-0.39, 0.29) is 16.6 Å². The van der Waals surface area contributed by atoms with Crippen LogP contribution in [0, 0.1) is 13.8 Å². The molecule has 0 spiro atoms. The number of thiophene rings is 1. The first-order valence-electron chi connectivity index (χ1n) is 7.97. The van der Waals surface area contributed by atoms with E-state index in [9.17, 15) is 19.2 Å². The summed E-state index contributed by atoms with van der Waals surface area (Å²) >= 11 is 2.27. The number of hydrogen-bond donors (Lipinski definition) is 2. The number of thiazole rings is 1. The van der Waals surface area contributed by atoms with Gasteiger partial charge in [0, 0.05) is 4.88 Å². The van der Waals surface area contributed by atoms with Gasteiger partial charge in [-0.15, -0.1) is 11.3 Å². The lowest BCUT2D eigenvalue weighted by atomic mass is 10.3. The molecule has 2 N–H and O–H groups in total. The molecule has 0 atom stereocenters. The lowest BCUT2D eigenvalue weighted by molar-refractivity contribution is -0.116. The Kier molecular flexibility index (Phi) is 5.24. The number of aromatic amines is 1. The third-order valence-corrected chi connectivity index (χ3v) is 5.62. The molecule has 0 saturated carbocycles. The summed E-state index contributed by atoms with van der Waals surface area (Å²) in [5.41, 5.74) is -0.762. The number of rotatable bonds is 5. The number of carbonyl (C=O) groups is 2. The van der Waals surface area contributed by atoms with Crippen molar-refractivity contribution in [1.29, 1.82) is 0 Å². The molecule has 11 heteroatoms. The second-order valence-electron chi connectivity index (χ2n) is 5.62.